The van der Waals surface area contributed by atoms with Crippen molar-refractivity contribution in [1.29, 1.82) is 0 Å². The third-order valence-corrected chi connectivity index (χ3v) is 7.08. The fourth-order valence-electron chi connectivity index (χ4n) is 2.70. The van der Waals surface area contributed by atoms with Gasteiger partial charge in [-0.1, -0.05) is 90.5 Å². The summed E-state index contributed by atoms with van der Waals surface area (Å²) in [5.41, 5.74) is 1.70. The van der Waals surface area contributed by atoms with E-state index in [0.717, 1.165) is 16.2 Å². The largest absolute Gasteiger partial charge is 0.313 e. The normalized spacial score (nSPS) is 13.2. The van der Waals surface area contributed by atoms with Gasteiger partial charge in [0.2, 0.25) is 0 Å². The van der Waals surface area contributed by atoms with Crippen molar-refractivity contribution in [3.8, 4) is 0 Å². The van der Waals surface area contributed by atoms with Crippen LogP contribution in [0.4, 0.5) is 0 Å². The van der Waals surface area contributed by atoms with Crippen LogP contribution in [0.5, 0.6) is 0 Å². The molecule has 0 aliphatic carbocycles. The lowest BCUT2D eigenvalue weighted by molar-refractivity contribution is 0.102. The average molecular weight is 334 g/mol. The molecule has 0 saturated carbocycles. The van der Waals surface area contributed by atoms with Gasteiger partial charge in [-0.2, -0.15) is 0 Å². The van der Waals surface area contributed by atoms with Crippen molar-refractivity contribution < 1.29 is 9.36 Å². The van der Waals surface area contributed by atoms with Crippen molar-refractivity contribution in [2.24, 2.45) is 0 Å². The molecule has 120 valence electrons. The third-order valence-electron chi connectivity index (χ3n) is 4.09. The molecule has 1 unspecified atom stereocenters. The molecular weight excluding hydrogens is 315 g/mol. The molecule has 3 rings (SSSR count). The van der Waals surface area contributed by atoms with Crippen molar-refractivity contribution in [2.75, 3.05) is 6.16 Å². The quantitative estimate of drug-likeness (QED) is 0.518. The second-order valence-electron chi connectivity index (χ2n) is 5.86. The molecule has 24 heavy (non-hydrogen) atoms. The Morgan fingerprint density at radius 3 is 1.83 bits per heavy atom. The summed E-state index contributed by atoms with van der Waals surface area (Å²) in [6.07, 6.45) is 0.00406. The maximum atomic E-state index is 13.9. The number of hydrogen-bond donors (Lipinski definition) is 0. The number of Topliss-reactive ketones (excluding diaryl/α,β-unsaturated/α-hetero) is 1. The van der Waals surface area contributed by atoms with Gasteiger partial charge in [0.05, 0.1) is 6.16 Å². The Balaban J connectivity index is 2.04. The lowest BCUT2D eigenvalue weighted by Gasteiger charge is -2.19. The topological polar surface area (TPSA) is 34.1 Å². The summed E-state index contributed by atoms with van der Waals surface area (Å²) >= 11 is 0. The Labute approximate surface area is 142 Å². The Morgan fingerprint density at radius 2 is 1.25 bits per heavy atom. The lowest BCUT2D eigenvalue weighted by Crippen LogP contribution is -2.22. The van der Waals surface area contributed by atoms with Gasteiger partial charge in [0.25, 0.3) is 0 Å². The van der Waals surface area contributed by atoms with Gasteiger partial charge in [-0.3, -0.25) is 4.79 Å². The highest BCUT2D eigenvalue weighted by atomic mass is 31.2. The SMILES string of the molecule is Cc1ccc(P(=O)(CC(=O)c2ccccc2)c2ccccc2)cc1. The Hall–Kier alpha value is -2.44. The minimum atomic E-state index is -3.02. The zero-order valence-corrected chi connectivity index (χ0v) is 14.4. The van der Waals surface area contributed by atoms with Crippen LogP contribution in [0.3, 0.4) is 0 Å². The first-order valence-corrected chi connectivity index (χ1v) is 9.79. The number of aryl methyl sites for hydroxylation is 1. The molecule has 0 aromatic heterocycles. The molecule has 2 nitrogen and oxygen atoms in total. The van der Waals surface area contributed by atoms with E-state index in [0.29, 0.717) is 5.56 Å². The van der Waals surface area contributed by atoms with Crippen LogP contribution in [0.2, 0.25) is 0 Å². The summed E-state index contributed by atoms with van der Waals surface area (Å²) in [6, 6.07) is 26.0. The van der Waals surface area contributed by atoms with E-state index in [-0.39, 0.29) is 11.9 Å². The average Bonchev–Trinajstić information content (AvgIpc) is 2.63. The van der Waals surface area contributed by atoms with Gasteiger partial charge in [0.1, 0.15) is 0 Å². The number of hydrogen-bond acceptors (Lipinski definition) is 2. The summed E-state index contributed by atoms with van der Waals surface area (Å²) in [5, 5.41) is 1.45. The smallest absolute Gasteiger partial charge is 0.170 e. The highest BCUT2D eigenvalue weighted by Gasteiger charge is 2.30. The van der Waals surface area contributed by atoms with Crippen molar-refractivity contribution in [3.05, 3.63) is 96.1 Å². The Morgan fingerprint density at radius 1 is 0.750 bits per heavy atom. The van der Waals surface area contributed by atoms with Gasteiger partial charge < -0.3 is 4.57 Å². The molecule has 0 radical (unpaired) electrons. The van der Waals surface area contributed by atoms with E-state index >= 15 is 0 Å². The van der Waals surface area contributed by atoms with E-state index in [1.807, 2.05) is 79.7 Å². The molecule has 3 heteroatoms. The summed E-state index contributed by atoms with van der Waals surface area (Å²) in [6.45, 7) is 1.99. The van der Waals surface area contributed by atoms with Crippen LogP contribution in [0.1, 0.15) is 15.9 Å². The molecule has 3 aromatic carbocycles. The van der Waals surface area contributed by atoms with Crippen LogP contribution >= 0.6 is 7.14 Å². The predicted octanol–water partition coefficient (Wildman–Crippen LogP) is 4.19. The highest BCUT2D eigenvalue weighted by molar-refractivity contribution is 7.79. The van der Waals surface area contributed by atoms with Crippen LogP contribution < -0.4 is 10.6 Å². The van der Waals surface area contributed by atoms with Crippen LogP contribution in [0.15, 0.2) is 84.9 Å². The molecule has 1 atom stereocenters. The van der Waals surface area contributed by atoms with Crippen LogP contribution in [0.25, 0.3) is 0 Å². The first-order valence-electron chi connectivity index (χ1n) is 7.90. The van der Waals surface area contributed by atoms with Crippen molar-refractivity contribution in [1.82, 2.24) is 0 Å². The van der Waals surface area contributed by atoms with E-state index in [1.54, 1.807) is 12.1 Å². The van der Waals surface area contributed by atoms with Gasteiger partial charge in [0, 0.05) is 16.2 Å². The summed E-state index contributed by atoms with van der Waals surface area (Å²) in [4.78, 5) is 12.7. The zero-order valence-electron chi connectivity index (χ0n) is 13.6. The molecule has 3 aromatic rings. The lowest BCUT2D eigenvalue weighted by atomic mass is 10.2. The second-order valence-corrected chi connectivity index (χ2v) is 8.69. The van der Waals surface area contributed by atoms with Crippen molar-refractivity contribution >= 4 is 23.5 Å². The van der Waals surface area contributed by atoms with Crippen molar-refractivity contribution in [2.45, 2.75) is 6.92 Å². The third kappa shape index (κ3) is 3.39. The van der Waals surface area contributed by atoms with Gasteiger partial charge in [0.15, 0.2) is 12.9 Å². The van der Waals surface area contributed by atoms with E-state index in [4.69, 9.17) is 0 Å². The van der Waals surface area contributed by atoms with Gasteiger partial charge >= 0.3 is 0 Å². The number of ketones is 1. The molecule has 0 spiro atoms. The standard InChI is InChI=1S/C21H19O2P/c1-17-12-14-20(15-13-17)24(23,19-10-6-3-7-11-19)16-21(22)18-8-4-2-5-9-18/h2-15H,16H2,1H3. The van der Waals surface area contributed by atoms with Crippen molar-refractivity contribution in [3.63, 3.8) is 0 Å². The van der Waals surface area contributed by atoms with E-state index in [2.05, 4.69) is 0 Å². The molecule has 0 heterocycles. The van der Waals surface area contributed by atoms with Gasteiger partial charge in [-0.05, 0) is 6.92 Å². The summed E-state index contributed by atoms with van der Waals surface area (Å²) < 4.78 is 13.9. The molecule has 0 saturated heterocycles. The minimum absolute atomic E-state index is 0.00406. The van der Waals surface area contributed by atoms with Gasteiger partial charge in [-0.25, -0.2) is 0 Å². The number of carbonyl (C=O) groups is 1. The monoisotopic (exact) mass is 334 g/mol. The van der Waals surface area contributed by atoms with E-state index in [9.17, 15) is 9.36 Å². The van der Waals surface area contributed by atoms with E-state index < -0.39 is 7.14 Å². The summed E-state index contributed by atoms with van der Waals surface area (Å²) in [7, 11) is -3.02. The maximum absolute atomic E-state index is 13.9. The Kier molecular flexibility index (Phi) is 4.78. The van der Waals surface area contributed by atoms with Gasteiger partial charge in [-0.15, -0.1) is 0 Å². The molecule has 0 N–H and O–H groups in total. The summed E-state index contributed by atoms with van der Waals surface area (Å²) in [5.74, 6) is -0.0941. The van der Waals surface area contributed by atoms with E-state index in [1.165, 1.54) is 0 Å². The number of rotatable bonds is 5. The molecule has 0 aliphatic heterocycles. The number of carbonyl (C=O) groups excluding carboxylic acids is 1. The Bertz CT molecular complexity index is 869. The fourth-order valence-corrected chi connectivity index (χ4v) is 5.24. The van der Waals surface area contributed by atoms with Crippen LogP contribution in [-0.4, -0.2) is 11.9 Å². The second kappa shape index (κ2) is 6.98. The van der Waals surface area contributed by atoms with Crippen LogP contribution in [0, 0.1) is 6.92 Å². The first-order chi connectivity index (χ1) is 11.6. The maximum Gasteiger partial charge on any atom is 0.170 e. The molecule has 0 amide bonds. The molecular formula is C21H19O2P. The first kappa shape index (κ1) is 16.4. The highest BCUT2D eigenvalue weighted by Crippen LogP contribution is 2.43. The number of benzene rings is 3. The zero-order chi connectivity index (χ0) is 17.0. The minimum Gasteiger partial charge on any atom is -0.313 e. The fraction of sp³-hybridized carbons (Fsp3) is 0.0952. The molecule has 0 aliphatic rings. The molecule has 0 fully saturated rings. The predicted molar refractivity (Wildman–Crippen MR) is 100 cm³/mol. The molecule has 0 bridgehead atoms. The van der Waals surface area contributed by atoms with Crippen LogP contribution in [-0.2, 0) is 4.57 Å².